The summed E-state index contributed by atoms with van der Waals surface area (Å²) < 4.78 is 38.7. The molecule has 188 valence electrons. The van der Waals surface area contributed by atoms with Crippen LogP contribution in [0.15, 0.2) is 24.3 Å². The summed E-state index contributed by atoms with van der Waals surface area (Å²) >= 11 is 0.986. The molecule has 1 fully saturated rings. The fourth-order valence-electron chi connectivity index (χ4n) is 4.78. The van der Waals surface area contributed by atoms with Crippen molar-refractivity contribution in [3.8, 4) is 6.07 Å². The van der Waals surface area contributed by atoms with E-state index >= 15 is 0 Å². The van der Waals surface area contributed by atoms with Gasteiger partial charge in [-0.2, -0.15) is 18.4 Å². The Labute approximate surface area is 209 Å². The molecule has 4 heterocycles. The molecule has 36 heavy (non-hydrogen) atoms. The second-order valence-corrected chi connectivity index (χ2v) is 10.3. The molecular weight excluding hydrogens is 489 g/mol. The number of alkyl halides is 3. The summed E-state index contributed by atoms with van der Waals surface area (Å²) in [5.74, 6) is 0.673. The van der Waals surface area contributed by atoms with Crippen molar-refractivity contribution < 1.29 is 18.3 Å². The zero-order valence-electron chi connectivity index (χ0n) is 19.6. The zero-order valence-corrected chi connectivity index (χ0v) is 20.4. The summed E-state index contributed by atoms with van der Waals surface area (Å²) in [6.45, 7) is 4.22. The first-order valence-electron chi connectivity index (χ1n) is 11.7. The molecule has 5 rings (SSSR count). The Morgan fingerprint density at radius 3 is 2.69 bits per heavy atom. The topological polar surface area (TPSA) is 101 Å². The number of fused-ring (bicyclic) bond motifs is 2. The number of aliphatic hydroxyl groups excluding tert-OH is 1. The fraction of sp³-hybridized carbons (Fsp3) is 0.400. The first-order chi connectivity index (χ1) is 17.2. The zero-order chi connectivity index (χ0) is 25.4. The van der Waals surface area contributed by atoms with Gasteiger partial charge in [-0.3, -0.25) is 4.90 Å². The lowest BCUT2D eigenvalue weighted by atomic mass is 10.0. The third-order valence-electron chi connectivity index (χ3n) is 6.63. The molecule has 0 saturated carbocycles. The van der Waals surface area contributed by atoms with E-state index in [0.717, 1.165) is 60.3 Å². The second-order valence-electron chi connectivity index (χ2n) is 9.17. The van der Waals surface area contributed by atoms with Crippen LogP contribution < -0.4 is 5.32 Å². The second kappa shape index (κ2) is 9.69. The number of benzene rings is 1. The molecule has 0 amide bonds. The fourth-order valence-corrected chi connectivity index (χ4v) is 5.85. The number of halogens is 3. The molecule has 3 aromatic heterocycles. The highest BCUT2D eigenvalue weighted by Gasteiger charge is 2.29. The summed E-state index contributed by atoms with van der Waals surface area (Å²) in [4.78, 5) is 14.7. The van der Waals surface area contributed by atoms with Gasteiger partial charge in [0.25, 0.3) is 0 Å². The van der Waals surface area contributed by atoms with Crippen molar-refractivity contribution in [3.05, 3.63) is 51.8 Å². The van der Waals surface area contributed by atoms with Gasteiger partial charge in [0.1, 0.15) is 29.0 Å². The summed E-state index contributed by atoms with van der Waals surface area (Å²) in [7, 11) is 0. The van der Waals surface area contributed by atoms with E-state index in [1.165, 1.54) is 11.6 Å². The molecule has 1 aliphatic rings. The molecule has 4 aromatic rings. The quantitative estimate of drug-likeness (QED) is 0.334. The smallest absolute Gasteiger partial charge is 0.388 e. The molecule has 7 nitrogen and oxygen atoms in total. The predicted molar refractivity (Wildman–Crippen MR) is 133 cm³/mol. The molecule has 0 spiro atoms. The standard InChI is InChI=1S/C25H25F3N6OS/c1-14-15(2-3-21-19(14)8-17(11-29)30-21)12-34-6-4-16(5-7-34)31-23-20-9-18(10-25(26,27)28)36-24(20)33-22(13-35)32-23/h2-3,8-9,16,30,35H,4-7,10,12-13H2,1H3,(H,31,32,33). The number of nitrogens with zero attached hydrogens (tertiary/aromatic N) is 4. The molecule has 1 saturated heterocycles. The highest BCUT2D eigenvalue weighted by Crippen LogP contribution is 2.34. The number of aryl methyl sites for hydroxylation is 1. The molecule has 0 radical (unpaired) electrons. The van der Waals surface area contributed by atoms with E-state index in [-0.39, 0.29) is 23.4 Å². The lowest BCUT2D eigenvalue weighted by Crippen LogP contribution is -2.39. The van der Waals surface area contributed by atoms with Crippen LogP contribution in [0.25, 0.3) is 21.1 Å². The van der Waals surface area contributed by atoms with Crippen molar-refractivity contribution in [1.82, 2.24) is 19.9 Å². The van der Waals surface area contributed by atoms with Crippen molar-refractivity contribution in [1.29, 1.82) is 5.26 Å². The molecule has 11 heteroatoms. The van der Waals surface area contributed by atoms with Crippen molar-refractivity contribution in [2.24, 2.45) is 0 Å². The van der Waals surface area contributed by atoms with Crippen molar-refractivity contribution in [3.63, 3.8) is 0 Å². The minimum absolute atomic E-state index is 0.114. The maximum atomic E-state index is 12.9. The van der Waals surface area contributed by atoms with Crippen LogP contribution in [0.2, 0.25) is 0 Å². The van der Waals surface area contributed by atoms with Crippen molar-refractivity contribution >= 4 is 38.3 Å². The molecule has 1 aromatic carbocycles. The van der Waals surface area contributed by atoms with Gasteiger partial charge in [0.2, 0.25) is 0 Å². The monoisotopic (exact) mass is 514 g/mol. The number of H-pyrrole nitrogens is 1. The van der Waals surface area contributed by atoms with Gasteiger partial charge in [-0.25, -0.2) is 9.97 Å². The number of likely N-dealkylation sites (tertiary alicyclic amines) is 1. The van der Waals surface area contributed by atoms with Gasteiger partial charge in [0.15, 0.2) is 5.82 Å². The first kappa shape index (κ1) is 24.5. The lowest BCUT2D eigenvalue weighted by molar-refractivity contribution is -0.126. The minimum atomic E-state index is -4.30. The Hall–Kier alpha value is -3.20. The van der Waals surface area contributed by atoms with Crippen LogP contribution in [0.4, 0.5) is 19.0 Å². The average molecular weight is 515 g/mol. The molecule has 0 atom stereocenters. The highest BCUT2D eigenvalue weighted by atomic mass is 32.1. The van der Waals surface area contributed by atoms with Crippen LogP contribution in [0.3, 0.4) is 0 Å². The predicted octanol–water partition coefficient (Wildman–Crippen LogP) is 5.03. The first-order valence-corrected chi connectivity index (χ1v) is 12.5. The van der Waals surface area contributed by atoms with E-state index in [2.05, 4.69) is 44.2 Å². The van der Waals surface area contributed by atoms with Crippen molar-refractivity contribution in [2.75, 3.05) is 18.4 Å². The number of piperidine rings is 1. The van der Waals surface area contributed by atoms with E-state index in [4.69, 9.17) is 5.26 Å². The van der Waals surface area contributed by atoms with Crippen LogP contribution >= 0.6 is 11.3 Å². The number of nitriles is 1. The Morgan fingerprint density at radius 2 is 2.00 bits per heavy atom. The van der Waals surface area contributed by atoms with Crippen LogP contribution in [0.5, 0.6) is 0 Å². The Kier molecular flexibility index (Phi) is 6.59. The number of aliphatic hydroxyl groups is 1. The van der Waals surface area contributed by atoms with E-state index in [1.54, 1.807) is 0 Å². The molecule has 1 aliphatic heterocycles. The number of aromatic nitrogens is 3. The Balaban J connectivity index is 1.27. The van der Waals surface area contributed by atoms with Gasteiger partial charge < -0.3 is 15.4 Å². The summed E-state index contributed by atoms with van der Waals surface area (Å²) in [5, 5.41) is 23.7. The molecule has 0 bridgehead atoms. The lowest BCUT2D eigenvalue weighted by Gasteiger charge is -2.33. The third kappa shape index (κ3) is 5.16. The normalized spacial score (nSPS) is 15.6. The number of anilines is 1. The van der Waals surface area contributed by atoms with Gasteiger partial charge in [-0.05, 0) is 49.1 Å². The van der Waals surface area contributed by atoms with E-state index in [1.807, 2.05) is 12.1 Å². The maximum Gasteiger partial charge on any atom is 0.393 e. The molecule has 0 unspecified atom stereocenters. The maximum absolute atomic E-state index is 12.9. The van der Waals surface area contributed by atoms with E-state index in [0.29, 0.717) is 21.7 Å². The van der Waals surface area contributed by atoms with Crippen molar-refractivity contribution in [2.45, 2.75) is 51.6 Å². The number of nitrogens with one attached hydrogen (secondary N) is 2. The molecule has 0 aliphatic carbocycles. The highest BCUT2D eigenvalue weighted by molar-refractivity contribution is 7.18. The summed E-state index contributed by atoms with van der Waals surface area (Å²) in [6, 6.07) is 9.77. The summed E-state index contributed by atoms with van der Waals surface area (Å²) in [5.41, 5.74) is 3.90. The van der Waals surface area contributed by atoms with Crippen LogP contribution in [-0.4, -0.2) is 50.3 Å². The number of hydrogen-bond donors (Lipinski definition) is 3. The SMILES string of the molecule is Cc1c(CN2CCC(Nc3nc(CO)nc4sc(CC(F)(F)F)cc34)CC2)ccc2[nH]c(C#N)cc12. The molecular formula is C25H25F3N6OS. The number of aromatic amines is 1. The van der Waals surface area contributed by atoms with Gasteiger partial charge in [-0.15, -0.1) is 11.3 Å². The van der Waals surface area contributed by atoms with E-state index in [9.17, 15) is 18.3 Å². The Bertz CT molecular complexity index is 1450. The van der Waals surface area contributed by atoms with Gasteiger partial charge in [0, 0.05) is 41.5 Å². The average Bonchev–Trinajstić information content (AvgIpc) is 3.44. The minimum Gasteiger partial charge on any atom is -0.388 e. The van der Waals surface area contributed by atoms with E-state index < -0.39 is 12.6 Å². The Morgan fingerprint density at radius 1 is 1.22 bits per heavy atom. The van der Waals surface area contributed by atoms with Gasteiger partial charge in [-0.1, -0.05) is 6.07 Å². The summed E-state index contributed by atoms with van der Waals surface area (Å²) in [6.07, 6.45) is -3.60. The number of thiophene rings is 1. The van der Waals surface area contributed by atoms with Crippen LogP contribution in [0, 0.1) is 18.3 Å². The van der Waals surface area contributed by atoms with Gasteiger partial charge >= 0.3 is 6.18 Å². The van der Waals surface area contributed by atoms with Crippen LogP contribution in [0.1, 0.15) is 40.4 Å². The van der Waals surface area contributed by atoms with Crippen LogP contribution in [-0.2, 0) is 19.6 Å². The number of hydrogen-bond acceptors (Lipinski definition) is 7. The van der Waals surface area contributed by atoms with Gasteiger partial charge in [0.05, 0.1) is 11.8 Å². The largest absolute Gasteiger partial charge is 0.393 e. The molecule has 3 N–H and O–H groups in total. The third-order valence-corrected chi connectivity index (χ3v) is 7.66. The number of rotatable bonds is 6.